The number of thiophene rings is 1. The Labute approximate surface area is 126 Å². The number of benzene rings is 1. The van der Waals surface area contributed by atoms with Gasteiger partial charge in [-0.15, -0.1) is 11.3 Å². The van der Waals surface area contributed by atoms with Crippen LogP contribution in [0.15, 0.2) is 36.4 Å². The molecule has 0 aliphatic rings. The summed E-state index contributed by atoms with van der Waals surface area (Å²) in [7, 11) is 0. The molecule has 1 aromatic heterocycles. The minimum absolute atomic E-state index is 0.157. The van der Waals surface area contributed by atoms with Crippen molar-refractivity contribution in [2.24, 2.45) is 0 Å². The Balaban J connectivity index is 2.14. The van der Waals surface area contributed by atoms with Crippen LogP contribution in [0.25, 0.3) is 6.08 Å². The van der Waals surface area contributed by atoms with Crippen LogP contribution in [0.2, 0.25) is 0 Å². The van der Waals surface area contributed by atoms with E-state index in [1.807, 2.05) is 19.9 Å². The van der Waals surface area contributed by atoms with E-state index in [0.717, 1.165) is 16.5 Å². The minimum atomic E-state index is -1.01. The molecule has 4 nitrogen and oxygen atoms in total. The van der Waals surface area contributed by atoms with Gasteiger partial charge in [0.15, 0.2) is 0 Å². The van der Waals surface area contributed by atoms with Crippen LogP contribution in [0.5, 0.6) is 0 Å². The fourth-order valence-corrected chi connectivity index (χ4v) is 2.69. The number of hydrogen-bond donors (Lipinski definition) is 2. The van der Waals surface area contributed by atoms with Gasteiger partial charge in [-0.25, -0.2) is 4.79 Å². The molecule has 5 heteroatoms. The first-order chi connectivity index (χ1) is 9.95. The third-order valence-electron chi connectivity index (χ3n) is 2.95. The van der Waals surface area contributed by atoms with Crippen molar-refractivity contribution in [1.29, 1.82) is 0 Å². The van der Waals surface area contributed by atoms with Crippen molar-refractivity contribution >= 4 is 35.0 Å². The first-order valence-electron chi connectivity index (χ1n) is 6.35. The third-order valence-corrected chi connectivity index (χ3v) is 4.10. The molecule has 0 fully saturated rings. The number of rotatable bonds is 4. The normalized spacial score (nSPS) is 10.8. The molecule has 0 saturated carbocycles. The molecular formula is C16H15NO3S. The summed E-state index contributed by atoms with van der Waals surface area (Å²) in [5.41, 5.74) is 2.45. The lowest BCUT2D eigenvalue weighted by molar-refractivity contribution is -0.131. The van der Waals surface area contributed by atoms with Crippen LogP contribution < -0.4 is 5.32 Å². The van der Waals surface area contributed by atoms with Crippen molar-refractivity contribution in [3.05, 3.63) is 57.3 Å². The lowest BCUT2D eigenvalue weighted by Gasteiger charge is -2.04. The Morgan fingerprint density at radius 1 is 1.24 bits per heavy atom. The van der Waals surface area contributed by atoms with Gasteiger partial charge in [0.25, 0.3) is 5.91 Å². The number of carbonyl (C=O) groups excluding carboxylic acids is 1. The van der Waals surface area contributed by atoms with E-state index in [2.05, 4.69) is 5.32 Å². The first kappa shape index (κ1) is 15.0. The Hall–Kier alpha value is -2.40. The molecule has 2 aromatic rings. The van der Waals surface area contributed by atoms with Crippen molar-refractivity contribution in [2.45, 2.75) is 13.8 Å². The highest BCUT2D eigenvalue weighted by molar-refractivity contribution is 7.14. The molecule has 1 amide bonds. The minimum Gasteiger partial charge on any atom is -0.478 e. The van der Waals surface area contributed by atoms with E-state index in [-0.39, 0.29) is 5.91 Å². The maximum atomic E-state index is 12.1. The second-order valence-corrected chi connectivity index (χ2v) is 5.86. The van der Waals surface area contributed by atoms with Gasteiger partial charge in [-0.05, 0) is 49.2 Å². The smallest absolute Gasteiger partial charge is 0.328 e. The number of carboxylic acids is 1. The topological polar surface area (TPSA) is 66.4 Å². The predicted molar refractivity (Wildman–Crippen MR) is 84.9 cm³/mol. The Bertz CT molecular complexity index is 697. The second-order valence-electron chi connectivity index (χ2n) is 4.60. The number of amides is 1. The molecule has 108 valence electrons. The largest absolute Gasteiger partial charge is 0.478 e. The highest BCUT2D eigenvalue weighted by Crippen LogP contribution is 2.22. The van der Waals surface area contributed by atoms with Crippen LogP contribution in [-0.2, 0) is 4.79 Å². The average molecular weight is 301 g/mol. The molecule has 0 radical (unpaired) electrons. The fraction of sp³-hybridized carbons (Fsp3) is 0.125. The number of carbonyl (C=O) groups is 2. The Morgan fingerprint density at radius 2 is 2.00 bits per heavy atom. The van der Waals surface area contributed by atoms with Crippen LogP contribution in [0.3, 0.4) is 0 Å². The van der Waals surface area contributed by atoms with Crippen LogP contribution in [0.1, 0.15) is 25.7 Å². The summed E-state index contributed by atoms with van der Waals surface area (Å²) in [6, 6.07) is 8.90. The quantitative estimate of drug-likeness (QED) is 0.846. The first-order valence-corrected chi connectivity index (χ1v) is 7.17. The van der Waals surface area contributed by atoms with Crippen molar-refractivity contribution in [3.8, 4) is 0 Å². The zero-order valence-corrected chi connectivity index (χ0v) is 12.5. The summed E-state index contributed by atoms with van der Waals surface area (Å²) in [5.74, 6) is -1.16. The average Bonchev–Trinajstić information content (AvgIpc) is 2.77. The molecule has 0 atom stereocenters. The maximum absolute atomic E-state index is 12.1. The molecule has 0 aliphatic carbocycles. The van der Waals surface area contributed by atoms with Gasteiger partial charge in [-0.1, -0.05) is 12.1 Å². The Morgan fingerprint density at radius 3 is 2.62 bits per heavy atom. The molecule has 0 spiro atoms. The van der Waals surface area contributed by atoms with E-state index >= 15 is 0 Å². The van der Waals surface area contributed by atoms with Crippen molar-refractivity contribution in [2.75, 3.05) is 5.32 Å². The van der Waals surface area contributed by atoms with Gasteiger partial charge in [-0.2, -0.15) is 0 Å². The van der Waals surface area contributed by atoms with Crippen molar-refractivity contribution in [3.63, 3.8) is 0 Å². The third kappa shape index (κ3) is 4.03. The number of carboxylic acid groups (broad SMARTS) is 1. The monoisotopic (exact) mass is 301 g/mol. The molecule has 2 N–H and O–H groups in total. The maximum Gasteiger partial charge on any atom is 0.328 e. The summed E-state index contributed by atoms with van der Waals surface area (Å²) in [6.45, 7) is 3.95. The van der Waals surface area contributed by atoms with Gasteiger partial charge in [0, 0.05) is 16.6 Å². The molecule has 2 rings (SSSR count). The van der Waals surface area contributed by atoms with Crippen LogP contribution >= 0.6 is 11.3 Å². The molecule has 1 aromatic carbocycles. The van der Waals surface area contributed by atoms with Crippen molar-refractivity contribution in [1.82, 2.24) is 0 Å². The SMILES string of the molecule is Cc1cc(C(=O)Nc2cccc(/C=C/C(=O)O)c2)sc1C. The molecule has 0 bridgehead atoms. The number of aliphatic carboxylic acids is 1. The lowest BCUT2D eigenvalue weighted by atomic mass is 10.2. The van der Waals surface area contributed by atoms with Gasteiger partial charge < -0.3 is 10.4 Å². The van der Waals surface area contributed by atoms with E-state index in [4.69, 9.17) is 5.11 Å². The van der Waals surface area contributed by atoms with Crippen LogP contribution in [0.4, 0.5) is 5.69 Å². The zero-order chi connectivity index (χ0) is 15.4. The van der Waals surface area contributed by atoms with E-state index in [9.17, 15) is 9.59 Å². The van der Waals surface area contributed by atoms with Gasteiger partial charge in [0.2, 0.25) is 0 Å². The van der Waals surface area contributed by atoms with Gasteiger partial charge in [-0.3, -0.25) is 4.79 Å². The van der Waals surface area contributed by atoms with E-state index < -0.39 is 5.97 Å². The highest BCUT2D eigenvalue weighted by Gasteiger charge is 2.10. The lowest BCUT2D eigenvalue weighted by Crippen LogP contribution is -2.10. The summed E-state index contributed by atoms with van der Waals surface area (Å²) >= 11 is 1.46. The zero-order valence-electron chi connectivity index (χ0n) is 11.7. The molecule has 0 unspecified atom stereocenters. The fourth-order valence-electron chi connectivity index (χ4n) is 1.77. The van der Waals surface area contributed by atoms with Crippen LogP contribution in [0, 0.1) is 13.8 Å². The van der Waals surface area contributed by atoms with Gasteiger partial charge in [0.1, 0.15) is 0 Å². The summed E-state index contributed by atoms with van der Waals surface area (Å²) in [5, 5.41) is 11.4. The van der Waals surface area contributed by atoms with E-state index in [0.29, 0.717) is 16.1 Å². The molecular weight excluding hydrogens is 286 g/mol. The number of aryl methyl sites for hydroxylation is 2. The van der Waals surface area contributed by atoms with E-state index in [1.54, 1.807) is 24.3 Å². The standard InChI is InChI=1S/C16H15NO3S/c1-10-8-14(21-11(10)2)16(20)17-13-5-3-4-12(9-13)6-7-15(18)19/h3-9H,1-2H3,(H,17,20)(H,18,19)/b7-6+. The van der Waals surface area contributed by atoms with Crippen LogP contribution in [-0.4, -0.2) is 17.0 Å². The molecule has 21 heavy (non-hydrogen) atoms. The Kier molecular flexibility index (Phi) is 4.55. The van der Waals surface area contributed by atoms with Gasteiger partial charge >= 0.3 is 5.97 Å². The highest BCUT2D eigenvalue weighted by atomic mass is 32.1. The molecule has 1 heterocycles. The number of anilines is 1. The van der Waals surface area contributed by atoms with Crippen molar-refractivity contribution < 1.29 is 14.7 Å². The molecule has 0 aliphatic heterocycles. The van der Waals surface area contributed by atoms with Gasteiger partial charge in [0.05, 0.1) is 4.88 Å². The number of nitrogens with one attached hydrogen (secondary N) is 1. The second kappa shape index (κ2) is 6.37. The summed E-state index contributed by atoms with van der Waals surface area (Å²) in [4.78, 5) is 24.4. The summed E-state index contributed by atoms with van der Waals surface area (Å²) < 4.78 is 0. The predicted octanol–water partition coefficient (Wildman–Crippen LogP) is 3.72. The summed E-state index contributed by atoms with van der Waals surface area (Å²) in [6.07, 6.45) is 2.55. The molecule has 0 saturated heterocycles. The number of hydrogen-bond acceptors (Lipinski definition) is 3. The van der Waals surface area contributed by atoms with E-state index in [1.165, 1.54) is 17.4 Å².